The summed E-state index contributed by atoms with van der Waals surface area (Å²) in [5, 5.41) is 1.21. The van der Waals surface area contributed by atoms with Crippen LogP contribution in [0, 0.1) is 6.92 Å². The Morgan fingerprint density at radius 1 is 0.293 bits per heavy atom. The van der Waals surface area contributed by atoms with Gasteiger partial charge in [-0.1, -0.05) is 158 Å². The van der Waals surface area contributed by atoms with Crippen molar-refractivity contribution >= 4 is 11.3 Å². The summed E-state index contributed by atoms with van der Waals surface area (Å²) in [6, 6.07) is 32.5. The van der Waals surface area contributed by atoms with Crippen LogP contribution in [0.3, 0.4) is 0 Å². The van der Waals surface area contributed by atoms with Gasteiger partial charge in [-0.15, -0.1) is 11.3 Å². The van der Waals surface area contributed by atoms with E-state index < -0.39 is 0 Å². The molecule has 0 N–H and O–H groups in total. The van der Waals surface area contributed by atoms with Crippen molar-refractivity contribution in [3.05, 3.63) is 199 Å². The molecular formula is C85H143N13S. The largest absolute Gasteiger partial charge is 0.296 e. The number of fused-ring (bicyclic) bond motifs is 7. The van der Waals surface area contributed by atoms with Crippen molar-refractivity contribution in [3.63, 3.8) is 0 Å². The Bertz CT molecular complexity index is 2680. The maximum Gasteiger partial charge on any atom is 0.115 e. The molecule has 0 spiro atoms. The Morgan fingerprint density at radius 3 is 1.00 bits per heavy atom. The minimum Gasteiger partial charge on any atom is -0.296 e. The predicted octanol–water partition coefficient (Wildman–Crippen LogP) is 20.8. The van der Waals surface area contributed by atoms with Crippen molar-refractivity contribution in [2.45, 2.75) is 335 Å². The first-order chi connectivity index (χ1) is 47.8. The lowest BCUT2D eigenvalue weighted by molar-refractivity contribution is 0.203. The molecule has 0 bridgehead atoms. The molecule has 2 aromatic carbocycles. The van der Waals surface area contributed by atoms with Crippen LogP contribution < -0.4 is 0 Å². The summed E-state index contributed by atoms with van der Waals surface area (Å²) < 4.78 is 0. The molecular weight excluding hydrogens is 1240 g/mol. The molecule has 7 aliphatic heterocycles. The van der Waals surface area contributed by atoms with Crippen LogP contribution in [-0.2, 0) is 91.5 Å². The average molecular weight is 1380 g/mol. The Morgan fingerprint density at radius 2 is 0.606 bits per heavy atom. The van der Waals surface area contributed by atoms with Gasteiger partial charge in [-0.3, -0.25) is 49.3 Å². The quantitative estimate of drug-likeness (QED) is 0.152. The van der Waals surface area contributed by atoms with E-state index in [1.54, 1.807) is 11.9 Å². The zero-order valence-electron chi connectivity index (χ0n) is 68.3. The third-order valence-corrected chi connectivity index (χ3v) is 18.5. The molecule has 7 aliphatic rings. The number of hydrogen-bond donors (Lipinski definition) is 0. The van der Waals surface area contributed by atoms with Gasteiger partial charge < -0.3 is 0 Å². The molecule has 13 nitrogen and oxygen atoms in total. The van der Waals surface area contributed by atoms with Crippen molar-refractivity contribution in [2.24, 2.45) is 0 Å². The monoisotopic (exact) mass is 1380 g/mol. The van der Waals surface area contributed by atoms with Gasteiger partial charge in [0.2, 0.25) is 0 Å². The van der Waals surface area contributed by atoms with E-state index >= 15 is 0 Å². The molecule has 554 valence electrons. The third kappa shape index (κ3) is 30.4. The van der Waals surface area contributed by atoms with Crippen LogP contribution >= 0.6 is 11.3 Å². The first-order valence-corrected chi connectivity index (χ1v) is 39.4. The van der Waals surface area contributed by atoms with Crippen molar-refractivity contribution in [2.75, 3.05) is 6.54 Å². The maximum absolute atomic E-state index is 4.50. The Balaban J connectivity index is 0.000000560. The molecule has 0 atom stereocenters. The van der Waals surface area contributed by atoms with Gasteiger partial charge in [-0.2, -0.15) is 0 Å². The smallest absolute Gasteiger partial charge is 0.115 e. The first kappa shape index (κ1) is 91.3. The normalized spacial score (nSPS) is 15.1. The number of aryl methyl sites for hydroxylation is 1. The fraction of sp³-hybridized carbons (Fsp3) is 0.600. The fourth-order valence-electron chi connectivity index (χ4n) is 11.5. The molecule has 14 rings (SSSR count). The van der Waals surface area contributed by atoms with Crippen LogP contribution in [0.5, 0.6) is 0 Å². The second-order valence-corrected chi connectivity index (χ2v) is 27.1. The van der Waals surface area contributed by atoms with Gasteiger partial charge in [-0.05, 0) is 173 Å². The molecule has 14 heteroatoms. The molecule has 0 radical (unpaired) electrons. The van der Waals surface area contributed by atoms with E-state index in [1.165, 1.54) is 90.1 Å². The average Bonchev–Trinajstić information content (AvgIpc) is 1.90. The second-order valence-electron chi connectivity index (χ2n) is 25.8. The van der Waals surface area contributed by atoms with E-state index in [1.807, 2.05) is 151 Å². The topological polar surface area (TPSA) is 100 Å². The van der Waals surface area contributed by atoms with Crippen LogP contribution in [0.15, 0.2) is 116 Å². The Hall–Kier alpha value is -5.68. The van der Waals surface area contributed by atoms with E-state index in [9.17, 15) is 0 Å². The van der Waals surface area contributed by atoms with Crippen LogP contribution in [0.4, 0.5) is 0 Å². The van der Waals surface area contributed by atoms with E-state index in [-0.39, 0.29) is 0 Å². The summed E-state index contributed by atoms with van der Waals surface area (Å²) in [4.78, 5) is 44.2. The van der Waals surface area contributed by atoms with E-state index in [0.717, 1.165) is 85.1 Å². The number of pyridine rings is 3. The summed E-state index contributed by atoms with van der Waals surface area (Å²) in [5.74, 6) is 0. The fourth-order valence-corrected chi connectivity index (χ4v) is 12.5. The predicted molar refractivity (Wildman–Crippen MR) is 429 cm³/mol. The molecule has 99 heavy (non-hydrogen) atoms. The number of nitrogens with zero attached hydrogens (tertiary/aromatic N) is 13. The molecule has 0 amide bonds. The van der Waals surface area contributed by atoms with Crippen molar-refractivity contribution in [3.8, 4) is 0 Å². The molecule has 0 saturated heterocycles. The van der Waals surface area contributed by atoms with Gasteiger partial charge in [0, 0.05) is 175 Å². The summed E-state index contributed by atoms with van der Waals surface area (Å²) in [5.41, 5.74) is 18.0. The SMILES string of the molecule is CC.CC.CC.CC.CC.CC.CC.CC(C)N1CCc2ccccc2C1.CC(C)N1Cc2ccccc2C1.CC(C)N1Cc2cccnc2C1.CC(C)N1Cc2cccnc2C1.CC(C)N1Cc2ccncc2C1.CC(C)N1Cc2cncnc2C1.Cc1nc2c(s1)CN(C(C)C)C2. The number of aromatic nitrogens is 6. The minimum absolute atomic E-state index is 0.596. The van der Waals surface area contributed by atoms with Gasteiger partial charge in [0.25, 0.3) is 0 Å². The summed E-state index contributed by atoms with van der Waals surface area (Å²) in [6.45, 7) is 76.5. The highest BCUT2D eigenvalue weighted by molar-refractivity contribution is 7.11. The van der Waals surface area contributed by atoms with Gasteiger partial charge in [0.15, 0.2) is 0 Å². The van der Waals surface area contributed by atoms with E-state index in [4.69, 9.17) is 0 Å². The number of hydrogen-bond acceptors (Lipinski definition) is 14. The summed E-state index contributed by atoms with van der Waals surface area (Å²) in [7, 11) is 0. The standard InChI is InChI=1S/C12H17N.C11H15N.3C10H14N2.C9H13N3.C9H14N2S.7C2H6/c1-10(2)13-8-7-11-5-3-4-6-12(11)9-13;1-9(2)12-7-10-5-3-4-6-11(10)8-12;1-8(2)12-6-9-3-4-11-5-10(9)7-12;2*1-8(2)12-6-9-4-3-5-11-10(9)7-12;1-7(2)12-4-8-3-10-6-11-9(8)5-12;1-6(2)11-4-8-9(5-11)12-7(3)10-8;7*1-2/h3-6,10H,7-9H2,1-2H3;3-6,9H,7-8H2,1-2H3;3*3-5,8H,6-7H2,1-2H3;3,6-7H,4-5H2,1-2H3;6H,4-5H2,1-3H3;7*1-2H3. The maximum atomic E-state index is 4.50. The second kappa shape index (κ2) is 51.5. The lowest BCUT2D eigenvalue weighted by Crippen LogP contribution is -2.35. The lowest BCUT2D eigenvalue weighted by atomic mass is 9.99. The molecule has 0 aliphatic carbocycles. The van der Waals surface area contributed by atoms with Crippen LogP contribution in [0.2, 0.25) is 0 Å². The Labute approximate surface area is 612 Å². The van der Waals surface area contributed by atoms with E-state index in [2.05, 4.69) is 235 Å². The van der Waals surface area contributed by atoms with Crippen molar-refractivity contribution in [1.82, 2.24) is 64.2 Å². The Kier molecular flexibility index (Phi) is 47.5. The molecule has 0 saturated carbocycles. The minimum atomic E-state index is 0.596. The molecule has 7 aromatic rings. The molecule has 0 unspecified atom stereocenters. The van der Waals surface area contributed by atoms with Crippen molar-refractivity contribution in [1.29, 1.82) is 0 Å². The number of thiazole rings is 1. The number of rotatable bonds is 7. The van der Waals surface area contributed by atoms with Crippen molar-refractivity contribution < 1.29 is 0 Å². The van der Waals surface area contributed by atoms with Crippen LogP contribution in [-0.4, -0.2) is 113 Å². The highest BCUT2D eigenvalue weighted by atomic mass is 32.1. The highest BCUT2D eigenvalue weighted by Crippen LogP contribution is 2.30. The first-order valence-electron chi connectivity index (χ1n) is 38.6. The molecule has 12 heterocycles. The highest BCUT2D eigenvalue weighted by Gasteiger charge is 2.27. The van der Waals surface area contributed by atoms with Crippen LogP contribution in [0.25, 0.3) is 0 Å². The zero-order chi connectivity index (χ0) is 74.7. The van der Waals surface area contributed by atoms with E-state index in [0.29, 0.717) is 42.3 Å². The van der Waals surface area contributed by atoms with Gasteiger partial charge >= 0.3 is 0 Å². The van der Waals surface area contributed by atoms with Crippen LogP contribution in [0.1, 0.15) is 277 Å². The summed E-state index contributed by atoms with van der Waals surface area (Å²) >= 11 is 1.85. The van der Waals surface area contributed by atoms with Gasteiger partial charge in [-0.25, -0.2) is 15.0 Å². The van der Waals surface area contributed by atoms with Gasteiger partial charge in [0.05, 0.1) is 27.8 Å². The lowest BCUT2D eigenvalue weighted by Gasteiger charge is -2.31. The molecule has 5 aromatic heterocycles. The number of benzene rings is 2. The van der Waals surface area contributed by atoms with Gasteiger partial charge in [0.1, 0.15) is 6.33 Å². The third-order valence-electron chi connectivity index (χ3n) is 17.5. The zero-order valence-corrected chi connectivity index (χ0v) is 69.2. The molecule has 0 fully saturated rings. The summed E-state index contributed by atoms with van der Waals surface area (Å²) in [6.07, 6.45) is 12.4.